The molecule has 84 valence electrons. The molecular weight excluding hydrogens is 242 g/mol. The van der Waals surface area contributed by atoms with Gasteiger partial charge in [0.15, 0.2) is 9.36 Å². The number of halogens is 1. The second kappa shape index (κ2) is 5.08. The van der Waals surface area contributed by atoms with Gasteiger partial charge in [0.25, 0.3) is 5.96 Å². The molecule has 0 radical (unpaired) electrons. The number of thioether (sulfide) groups is 1. The SMILES string of the molecule is CN/C(=N\[N+](=O)[O-])NCC1(Cl)NC=CS1. The highest BCUT2D eigenvalue weighted by atomic mass is 35.5. The fourth-order valence-corrected chi connectivity index (χ4v) is 1.81. The summed E-state index contributed by atoms with van der Waals surface area (Å²) >= 11 is 7.46. The summed E-state index contributed by atoms with van der Waals surface area (Å²) in [6, 6.07) is 0. The van der Waals surface area contributed by atoms with Gasteiger partial charge < -0.3 is 16.0 Å². The van der Waals surface area contributed by atoms with Crippen molar-refractivity contribution in [2.75, 3.05) is 13.6 Å². The summed E-state index contributed by atoms with van der Waals surface area (Å²) in [5, 5.41) is 22.4. The number of alkyl halides is 1. The molecule has 0 aromatic heterocycles. The molecule has 0 fully saturated rings. The Balaban J connectivity index is 2.44. The van der Waals surface area contributed by atoms with Crippen LogP contribution in [0.2, 0.25) is 0 Å². The van der Waals surface area contributed by atoms with E-state index in [9.17, 15) is 10.1 Å². The van der Waals surface area contributed by atoms with Crippen LogP contribution >= 0.6 is 23.4 Å². The van der Waals surface area contributed by atoms with Crippen molar-refractivity contribution in [3.05, 3.63) is 21.7 Å². The maximum absolute atomic E-state index is 10.1. The van der Waals surface area contributed by atoms with Crippen LogP contribution in [0.1, 0.15) is 0 Å². The van der Waals surface area contributed by atoms with Crippen molar-refractivity contribution in [1.29, 1.82) is 0 Å². The fraction of sp³-hybridized carbons (Fsp3) is 0.500. The van der Waals surface area contributed by atoms with Gasteiger partial charge in [-0.05, 0) is 5.41 Å². The molecule has 9 heteroatoms. The summed E-state index contributed by atoms with van der Waals surface area (Å²) in [6.07, 6.45) is 1.71. The lowest BCUT2D eigenvalue weighted by atomic mass is 10.6. The Kier molecular flexibility index (Phi) is 4.04. The van der Waals surface area contributed by atoms with Crippen LogP contribution in [0.4, 0.5) is 0 Å². The third-order valence-electron chi connectivity index (χ3n) is 1.52. The standard InChI is InChI=1S/C6H10ClN5O2S/c1-8-5(11-12(13)14)9-4-6(7)10-2-3-15-6/h2-3,10H,4H2,1H3,(H2,8,9,11). The molecule has 7 nitrogen and oxygen atoms in total. The normalized spacial score (nSPS) is 24.8. The summed E-state index contributed by atoms with van der Waals surface area (Å²) < 4.78 is -0.714. The minimum Gasteiger partial charge on any atom is -0.362 e. The van der Waals surface area contributed by atoms with Crippen LogP contribution in [-0.4, -0.2) is 28.9 Å². The first-order chi connectivity index (χ1) is 7.06. The fourth-order valence-electron chi connectivity index (χ4n) is 0.880. The number of hydrazone groups is 1. The monoisotopic (exact) mass is 251 g/mol. The molecule has 0 saturated heterocycles. The zero-order valence-corrected chi connectivity index (χ0v) is 9.43. The smallest absolute Gasteiger partial charge is 0.268 e. The molecule has 0 spiro atoms. The summed E-state index contributed by atoms with van der Waals surface area (Å²) in [6.45, 7) is 0.291. The molecular formula is C6H10ClN5O2S. The molecule has 1 unspecified atom stereocenters. The molecule has 1 rings (SSSR count). The number of guanidine groups is 1. The molecule has 0 aliphatic carbocycles. The van der Waals surface area contributed by atoms with Crippen LogP contribution in [0.5, 0.6) is 0 Å². The Morgan fingerprint density at radius 1 is 1.87 bits per heavy atom. The van der Waals surface area contributed by atoms with E-state index < -0.39 is 9.36 Å². The first kappa shape index (κ1) is 11.9. The molecule has 0 aromatic rings. The first-order valence-corrected chi connectivity index (χ1v) is 5.25. The highest BCUT2D eigenvalue weighted by Crippen LogP contribution is 2.31. The highest BCUT2D eigenvalue weighted by Gasteiger charge is 2.29. The second-order valence-corrected chi connectivity index (χ2v) is 4.66. The molecule has 3 N–H and O–H groups in total. The van der Waals surface area contributed by atoms with Gasteiger partial charge in [-0.1, -0.05) is 23.4 Å². The van der Waals surface area contributed by atoms with E-state index in [1.165, 1.54) is 18.8 Å². The van der Waals surface area contributed by atoms with Gasteiger partial charge >= 0.3 is 0 Å². The van der Waals surface area contributed by atoms with Crippen molar-refractivity contribution in [3.8, 4) is 0 Å². The number of nitro groups is 1. The lowest BCUT2D eigenvalue weighted by Crippen LogP contribution is -2.46. The van der Waals surface area contributed by atoms with Crippen LogP contribution in [-0.2, 0) is 0 Å². The predicted octanol–water partition coefficient (Wildman–Crippen LogP) is 0.0433. The van der Waals surface area contributed by atoms with Crippen molar-refractivity contribution >= 4 is 29.3 Å². The maximum Gasteiger partial charge on any atom is 0.268 e. The molecule has 0 saturated carbocycles. The molecule has 0 aromatic carbocycles. The van der Waals surface area contributed by atoms with E-state index in [4.69, 9.17) is 11.6 Å². The number of hydrogen-bond donors (Lipinski definition) is 3. The molecule has 1 aliphatic heterocycles. The Morgan fingerprint density at radius 3 is 3.07 bits per heavy atom. The maximum atomic E-state index is 10.1. The zero-order chi connectivity index (χ0) is 11.3. The van der Waals surface area contributed by atoms with Crippen molar-refractivity contribution in [2.45, 2.75) is 4.33 Å². The van der Waals surface area contributed by atoms with Crippen LogP contribution in [0.3, 0.4) is 0 Å². The molecule has 1 aliphatic rings. The Hall–Kier alpha value is -1.15. The van der Waals surface area contributed by atoms with Crippen LogP contribution in [0.25, 0.3) is 0 Å². The van der Waals surface area contributed by atoms with Gasteiger partial charge in [-0.3, -0.25) is 0 Å². The lowest BCUT2D eigenvalue weighted by molar-refractivity contribution is -0.485. The van der Waals surface area contributed by atoms with E-state index in [1.807, 2.05) is 0 Å². The summed E-state index contributed by atoms with van der Waals surface area (Å²) in [5.74, 6) is 0.0642. The predicted molar refractivity (Wildman–Crippen MR) is 59.9 cm³/mol. The average molecular weight is 252 g/mol. The van der Waals surface area contributed by atoms with E-state index in [2.05, 4.69) is 21.1 Å². The Bertz CT molecular complexity index is 300. The third kappa shape index (κ3) is 3.84. The van der Waals surface area contributed by atoms with E-state index in [0.717, 1.165) is 0 Å². The van der Waals surface area contributed by atoms with E-state index in [-0.39, 0.29) is 5.96 Å². The Morgan fingerprint density at radius 2 is 2.60 bits per heavy atom. The molecule has 0 amide bonds. The number of hydrogen-bond acceptors (Lipinski definition) is 4. The summed E-state index contributed by atoms with van der Waals surface area (Å²) in [5.41, 5.74) is 0. The summed E-state index contributed by atoms with van der Waals surface area (Å²) in [7, 11) is 1.53. The molecule has 15 heavy (non-hydrogen) atoms. The van der Waals surface area contributed by atoms with Crippen LogP contribution in [0.15, 0.2) is 16.7 Å². The number of nitrogens with one attached hydrogen (secondary N) is 3. The minimum absolute atomic E-state index is 0.0642. The average Bonchev–Trinajstić information content (AvgIpc) is 2.60. The van der Waals surface area contributed by atoms with E-state index in [0.29, 0.717) is 6.54 Å². The second-order valence-electron chi connectivity index (χ2n) is 2.58. The molecule has 0 bridgehead atoms. The van der Waals surface area contributed by atoms with Gasteiger partial charge in [-0.25, -0.2) is 10.1 Å². The van der Waals surface area contributed by atoms with Crippen molar-refractivity contribution in [2.24, 2.45) is 5.10 Å². The van der Waals surface area contributed by atoms with Crippen molar-refractivity contribution in [1.82, 2.24) is 16.0 Å². The van der Waals surface area contributed by atoms with Crippen molar-refractivity contribution < 1.29 is 5.03 Å². The van der Waals surface area contributed by atoms with E-state index in [1.54, 1.807) is 11.6 Å². The Labute approximate surface area is 95.5 Å². The van der Waals surface area contributed by atoms with Gasteiger partial charge in [0.2, 0.25) is 0 Å². The minimum atomic E-state index is -0.785. The molecule has 1 atom stereocenters. The topological polar surface area (TPSA) is 91.6 Å². The number of rotatable bonds is 3. The van der Waals surface area contributed by atoms with Crippen LogP contribution < -0.4 is 16.0 Å². The van der Waals surface area contributed by atoms with Gasteiger partial charge in [0, 0.05) is 13.2 Å². The van der Waals surface area contributed by atoms with Gasteiger partial charge in [-0.15, -0.1) is 0 Å². The quantitative estimate of drug-likeness (QED) is 0.164. The lowest BCUT2D eigenvalue weighted by Gasteiger charge is -2.21. The van der Waals surface area contributed by atoms with Crippen molar-refractivity contribution in [3.63, 3.8) is 0 Å². The summed E-state index contributed by atoms with van der Waals surface area (Å²) in [4.78, 5) is 10.1. The van der Waals surface area contributed by atoms with Gasteiger partial charge in [-0.2, -0.15) is 0 Å². The van der Waals surface area contributed by atoms with Gasteiger partial charge in [0.1, 0.15) is 5.10 Å². The molecule has 1 heterocycles. The zero-order valence-electron chi connectivity index (χ0n) is 7.86. The first-order valence-electron chi connectivity index (χ1n) is 4.00. The highest BCUT2D eigenvalue weighted by molar-refractivity contribution is 8.04. The third-order valence-corrected chi connectivity index (χ3v) is 2.94. The largest absolute Gasteiger partial charge is 0.362 e. The van der Waals surface area contributed by atoms with E-state index >= 15 is 0 Å². The van der Waals surface area contributed by atoms with Crippen LogP contribution in [0, 0.1) is 10.1 Å². The number of nitrogens with zero attached hydrogens (tertiary/aromatic N) is 2. The van der Waals surface area contributed by atoms with Gasteiger partial charge in [0.05, 0.1) is 6.54 Å².